The molecule has 154 valence electrons. The van der Waals surface area contributed by atoms with Crippen LogP contribution in [-0.2, 0) is 0 Å². The van der Waals surface area contributed by atoms with Crippen molar-refractivity contribution in [1.82, 2.24) is 10.2 Å². The highest BCUT2D eigenvalue weighted by Gasteiger charge is 2.25. The first kappa shape index (κ1) is 20.8. The maximum atomic E-state index is 13.8. The van der Waals surface area contributed by atoms with Crippen LogP contribution in [0.4, 0.5) is 19.3 Å². The first-order valence-corrected chi connectivity index (χ1v) is 9.75. The number of piperidine rings is 1. The summed E-state index contributed by atoms with van der Waals surface area (Å²) < 4.78 is 27.1. The van der Waals surface area contributed by atoms with E-state index in [1.54, 1.807) is 23.1 Å². The molecule has 1 aliphatic rings. The summed E-state index contributed by atoms with van der Waals surface area (Å²) in [6.07, 6.45) is 1.79. The highest BCUT2D eigenvalue weighted by atomic mass is 19.1. The minimum Gasteiger partial charge on any atom is -0.336 e. The topological polar surface area (TPSA) is 61.4 Å². The molecule has 2 N–H and O–H groups in total. The number of carbonyl (C=O) groups excluding carboxylic acids is 2. The zero-order valence-corrected chi connectivity index (χ0v) is 16.5. The lowest BCUT2D eigenvalue weighted by Crippen LogP contribution is -2.47. The maximum absolute atomic E-state index is 13.8. The average molecular weight is 401 g/mol. The van der Waals surface area contributed by atoms with Gasteiger partial charge < -0.3 is 15.5 Å². The third-order valence-electron chi connectivity index (χ3n) is 4.92. The van der Waals surface area contributed by atoms with E-state index in [0.717, 1.165) is 36.6 Å². The predicted octanol–water partition coefficient (Wildman–Crippen LogP) is 4.51. The van der Waals surface area contributed by atoms with Crippen LogP contribution in [-0.4, -0.2) is 36.0 Å². The van der Waals surface area contributed by atoms with Crippen LogP contribution in [0, 0.1) is 11.6 Å². The molecule has 5 nitrogen and oxygen atoms in total. The Morgan fingerprint density at radius 1 is 1.14 bits per heavy atom. The lowest BCUT2D eigenvalue weighted by Gasteiger charge is -2.33. The van der Waals surface area contributed by atoms with E-state index < -0.39 is 17.5 Å². The van der Waals surface area contributed by atoms with E-state index in [2.05, 4.69) is 10.6 Å². The Bertz CT molecular complexity index is 901. The van der Waals surface area contributed by atoms with E-state index in [-0.39, 0.29) is 23.7 Å². The molecule has 0 aliphatic carbocycles. The molecule has 0 aromatic heterocycles. The Morgan fingerprint density at radius 3 is 2.69 bits per heavy atom. The molecule has 2 aromatic rings. The number of urea groups is 1. The second kappa shape index (κ2) is 9.03. The van der Waals surface area contributed by atoms with Crippen LogP contribution in [0.25, 0.3) is 0 Å². The van der Waals surface area contributed by atoms with E-state index in [0.29, 0.717) is 18.7 Å². The fraction of sp³-hybridized carbons (Fsp3) is 0.364. The smallest absolute Gasteiger partial charge is 0.317 e. The summed E-state index contributed by atoms with van der Waals surface area (Å²) in [5.74, 6) is -1.73. The molecule has 29 heavy (non-hydrogen) atoms. The lowest BCUT2D eigenvalue weighted by molar-refractivity contribution is 0.102. The van der Waals surface area contributed by atoms with Gasteiger partial charge in [-0.25, -0.2) is 13.6 Å². The summed E-state index contributed by atoms with van der Waals surface area (Å²) in [6.45, 7) is 5.11. The third kappa shape index (κ3) is 5.31. The van der Waals surface area contributed by atoms with Gasteiger partial charge in [0.2, 0.25) is 0 Å². The average Bonchev–Trinajstić information content (AvgIpc) is 2.70. The molecule has 1 atom stereocenters. The van der Waals surface area contributed by atoms with Gasteiger partial charge in [0.15, 0.2) is 0 Å². The van der Waals surface area contributed by atoms with Gasteiger partial charge in [-0.2, -0.15) is 0 Å². The summed E-state index contributed by atoms with van der Waals surface area (Å²) in [5, 5.41) is 5.33. The molecule has 3 amide bonds. The van der Waals surface area contributed by atoms with Crippen molar-refractivity contribution in [3.63, 3.8) is 0 Å². The van der Waals surface area contributed by atoms with E-state index >= 15 is 0 Å². The number of amides is 3. The van der Waals surface area contributed by atoms with Gasteiger partial charge in [-0.05, 0) is 56.5 Å². The number of nitrogens with one attached hydrogen (secondary N) is 2. The molecule has 3 rings (SSSR count). The second-order valence-electron chi connectivity index (χ2n) is 7.59. The van der Waals surface area contributed by atoms with Crippen molar-refractivity contribution in [3.05, 3.63) is 65.2 Å². The summed E-state index contributed by atoms with van der Waals surface area (Å²) >= 11 is 0. The minimum atomic E-state index is -0.699. The number of likely N-dealkylation sites (tertiary alicyclic amines) is 1. The van der Waals surface area contributed by atoms with Crippen LogP contribution in [0.2, 0.25) is 0 Å². The van der Waals surface area contributed by atoms with Crippen LogP contribution >= 0.6 is 0 Å². The second-order valence-corrected chi connectivity index (χ2v) is 7.59. The summed E-state index contributed by atoms with van der Waals surface area (Å²) in [6, 6.07) is 9.97. The van der Waals surface area contributed by atoms with Crippen molar-refractivity contribution >= 4 is 17.6 Å². The zero-order chi connectivity index (χ0) is 21.0. The Hall–Kier alpha value is -2.96. The fourth-order valence-electron chi connectivity index (χ4n) is 3.49. The lowest BCUT2D eigenvalue weighted by atomic mass is 9.89. The number of hydrogen-bond acceptors (Lipinski definition) is 2. The van der Waals surface area contributed by atoms with Crippen LogP contribution in [0.5, 0.6) is 0 Å². The molecule has 1 fully saturated rings. The SMILES string of the molecule is CC(C)NC(=O)N1CCCC(c2cccc(C(=O)Nc3cc(F)ccc3F)c2)C1. The first-order valence-electron chi connectivity index (χ1n) is 9.75. The molecule has 1 unspecified atom stereocenters. The standard InChI is InChI=1S/C22H25F2N3O2/c1-14(2)25-22(29)27-10-4-7-17(13-27)15-5-3-6-16(11-15)21(28)26-20-12-18(23)8-9-19(20)24/h3,5-6,8-9,11-12,14,17H,4,7,10,13H2,1-2H3,(H,25,29)(H,26,28). The number of benzene rings is 2. The quantitative estimate of drug-likeness (QED) is 0.792. The van der Waals surface area contributed by atoms with Crippen LogP contribution < -0.4 is 10.6 Å². The largest absolute Gasteiger partial charge is 0.336 e. The van der Waals surface area contributed by atoms with E-state index in [9.17, 15) is 18.4 Å². The van der Waals surface area contributed by atoms with Gasteiger partial charge in [0.05, 0.1) is 5.69 Å². The van der Waals surface area contributed by atoms with E-state index in [1.165, 1.54) is 0 Å². The molecule has 1 heterocycles. The monoisotopic (exact) mass is 401 g/mol. The normalized spacial score (nSPS) is 16.6. The van der Waals surface area contributed by atoms with Crippen molar-refractivity contribution in [3.8, 4) is 0 Å². The van der Waals surface area contributed by atoms with Crippen molar-refractivity contribution in [2.24, 2.45) is 0 Å². The number of nitrogens with zero attached hydrogens (tertiary/aromatic N) is 1. The van der Waals surface area contributed by atoms with E-state index in [4.69, 9.17) is 0 Å². The number of anilines is 1. The molecular formula is C22H25F2N3O2. The van der Waals surface area contributed by atoms with Gasteiger partial charge >= 0.3 is 6.03 Å². The van der Waals surface area contributed by atoms with Gasteiger partial charge in [0.1, 0.15) is 11.6 Å². The summed E-state index contributed by atoms with van der Waals surface area (Å²) in [7, 11) is 0. The molecular weight excluding hydrogens is 376 g/mol. The summed E-state index contributed by atoms with van der Waals surface area (Å²) in [4.78, 5) is 26.6. The molecule has 0 radical (unpaired) electrons. The van der Waals surface area contributed by atoms with Crippen LogP contribution in [0.3, 0.4) is 0 Å². The van der Waals surface area contributed by atoms with Crippen molar-refractivity contribution < 1.29 is 18.4 Å². The van der Waals surface area contributed by atoms with Gasteiger partial charge in [0.25, 0.3) is 5.91 Å². The number of rotatable bonds is 4. The first-order chi connectivity index (χ1) is 13.8. The van der Waals surface area contributed by atoms with E-state index in [1.807, 2.05) is 19.9 Å². The molecule has 0 bridgehead atoms. The van der Waals surface area contributed by atoms with Crippen LogP contribution in [0.1, 0.15) is 48.5 Å². The molecule has 7 heteroatoms. The number of hydrogen-bond donors (Lipinski definition) is 2. The summed E-state index contributed by atoms with van der Waals surface area (Å²) in [5.41, 5.74) is 1.10. The van der Waals surface area contributed by atoms with Gasteiger partial charge in [-0.1, -0.05) is 12.1 Å². The van der Waals surface area contributed by atoms with Gasteiger partial charge in [-0.3, -0.25) is 4.79 Å². The number of halogens is 2. The molecule has 2 aromatic carbocycles. The zero-order valence-electron chi connectivity index (χ0n) is 16.5. The maximum Gasteiger partial charge on any atom is 0.317 e. The number of carbonyl (C=O) groups is 2. The van der Waals surface area contributed by atoms with Gasteiger partial charge in [-0.15, -0.1) is 0 Å². The predicted molar refractivity (Wildman–Crippen MR) is 108 cm³/mol. The molecule has 1 saturated heterocycles. The van der Waals surface area contributed by atoms with Crippen LogP contribution in [0.15, 0.2) is 42.5 Å². The molecule has 0 saturated carbocycles. The Kier molecular flexibility index (Phi) is 6.46. The van der Waals surface area contributed by atoms with Crippen molar-refractivity contribution in [2.75, 3.05) is 18.4 Å². The Labute approximate surface area is 169 Å². The highest BCUT2D eigenvalue weighted by molar-refractivity contribution is 6.04. The molecule has 0 spiro atoms. The van der Waals surface area contributed by atoms with Gasteiger partial charge in [0, 0.05) is 36.7 Å². The highest BCUT2D eigenvalue weighted by Crippen LogP contribution is 2.28. The molecule has 1 aliphatic heterocycles. The fourth-order valence-corrected chi connectivity index (χ4v) is 3.49. The minimum absolute atomic E-state index is 0.0677. The van der Waals surface area contributed by atoms with Crippen molar-refractivity contribution in [1.29, 1.82) is 0 Å². The Balaban J connectivity index is 1.72. The third-order valence-corrected chi connectivity index (χ3v) is 4.92. The Morgan fingerprint density at radius 2 is 1.93 bits per heavy atom. The van der Waals surface area contributed by atoms with Crippen molar-refractivity contribution in [2.45, 2.75) is 38.6 Å².